The third-order valence-corrected chi connectivity index (χ3v) is 4.49. The van der Waals surface area contributed by atoms with Gasteiger partial charge < -0.3 is 5.11 Å². The molecule has 0 aliphatic heterocycles. The average Bonchev–Trinajstić information content (AvgIpc) is 2.94. The molecule has 0 fully saturated rings. The summed E-state index contributed by atoms with van der Waals surface area (Å²) in [5.41, 5.74) is 1.34. The summed E-state index contributed by atoms with van der Waals surface area (Å²) in [4.78, 5) is 20.8. The molecule has 4 nitrogen and oxygen atoms in total. The molecule has 0 bridgehead atoms. The van der Waals surface area contributed by atoms with Crippen LogP contribution in [-0.2, 0) is 11.2 Å². The molecule has 0 amide bonds. The highest BCUT2D eigenvalue weighted by Gasteiger charge is 2.25. The van der Waals surface area contributed by atoms with Crippen molar-refractivity contribution < 1.29 is 9.90 Å². The number of carboxylic acids is 1. The Balaban J connectivity index is 2.05. The largest absolute Gasteiger partial charge is 0.481 e. The van der Waals surface area contributed by atoms with Crippen LogP contribution in [0.25, 0.3) is 10.2 Å². The number of nitrogens with zero attached hydrogens (tertiary/aromatic N) is 2. The van der Waals surface area contributed by atoms with Crippen molar-refractivity contribution in [2.24, 2.45) is 0 Å². The highest BCUT2D eigenvalue weighted by molar-refractivity contribution is 7.16. The second-order valence-corrected chi connectivity index (χ2v) is 5.89. The summed E-state index contributed by atoms with van der Waals surface area (Å²) in [6.45, 7) is 0. The van der Waals surface area contributed by atoms with Crippen LogP contribution in [0, 0.1) is 0 Å². The lowest BCUT2D eigenvalue weighted by Gasteiger charge is -2.13. The Morgan fingerprint density at radius 1 is 1.29 bits per heavy atom. The van der Waals surface area contributed by atoms with Crippen LogP contribution < -0.4 is 0 Å². The second kappa shape index (κ2) is 5.79. The summed E-state index contributed by atoms with van der Waals surface area (Å²) < 4.78 is 0. The van der Waals surface area contributed by atoms with Crippen LogP contribution in [-0.4, -0.2) is 21.0 Å². The van der Waals surface area contributed by atoms with Gasteiger partial charge in [-0.15, -0.1) is 11.3 Å². The molecule has 106 valence electrons. The van der Waals surface area contributed by atoms with Gasteiger partial charge in [-0.3, -0.25) is 4.79 Å². The Bertz CT molecular complexity index is 803. The molecule has 2 aromatic heterocycles. The van der Waals surface area contributed by atoms with Gasteiger partial charge >= 0.3 is 5.97 Å². The van der Waals surface area contributed by atoms with E-state index >= 15 is 0 Å². The summed E-state index contributed by atoms with van der Waals surface area (Å²) in [7, 11) is 0. The van der Waals surface area contributed by atoms with E-state index in [-0.39, 0.29) is 0 Å². The van der Waals surface area contributed by atoms with E-state index in [0.29, 0.717) is 17.1 Å². The van der Waals surface area contributed by atoms with Crippen molar-refractivity contribution in [3.63, 3.8) is 0 Å². The fourth-order valence-corrected chi connectivity index (χ4v) is 3.23. The molecule has 0 radical (unpaired) electrons. The lowest BCUT2D eigenvalue weighted by Crippen LogP contribution is -2.16. The van der Waals surface area contributed by atoms with Crippen LogP contribution in [0.2, 0.25) is 5.02 Å². The van der Waals surface area contributed by atoms with Gasteiger partial charge in [0.15, 0.2) is 0 Å². The normalized spacial score (nSPS) is 12.4. The van der Waals surface area contributed by atoms with Crippen molar-refractivity contribution in [2.45, 2.75) is 12.3 Å². The number of carbonyl (C=O) groups is 1. The topological polar surface area (TPSA) is 63.1 Å². The molecule has 21 heavy (non-hydrogen) atoms. The number of fused-ring (bicyclic) bond motifs is 1. The molecular formula is C15H11ClN2O2S. The molecule has 1 atom stereocenters. The van der Waals surface area contributed by atoms with Gasteiger partial charge in [0.1, 0.15) is 17.1 Å². The first-order valence-corrected chi connectivity index (χ1v) is 7.57. The molecule has 1 unspecified atom stereocenters. The molecule has 1 aromatic carbocycles. The van der Waals surface area contributed by atoms with Gasteiger partial charge in [-0.1, -0.05) is 29.8 Å². The van der Waals surface area contributed by atoms with Crippen molar-refractivity contribution in [1.82, 2.24) is 9.97 Å². The third kappa shape index (κ3) is 2.75. The lowest BCUT2D eigenvalue weighted by atomic mass is 9.94. The lowest BCUT2D eigenvalue weighted by molar-refractivity contribution is -0.138. The first kappa shape index (κ1) is 14.0. The van der Waals surface area contributed by atoms with Crippen LogP contribution in [0.15, 0.2) is 42.0 Å². The molecule has 3 rings (SSSR count). The van der Waals surface area contributed by atoms with Gasteiger partial charge in [-0.25, -0.2) is 9.97 Å². The van der Waals surface area contributed by atoms with Gasteiger partial charge in [0.25, 0.3) is 0 Å². The number of carboxylic acid groups (broad SMARTS) is 1. The Morgan fingerprint density at radius 3 is 2.86 bits per heavy atom. The van der Waals surface area contributed by atoms with Gasteiger partial charge in [-0.2, -0.15) is 0 Å². The van der Waals surface area contributed by atoms with Gasteiger partial charge in [0, 0.05) is 10.4 Å². The zero-order valence-electron chi connectivity index (χ0n) is 10.9. The molecule has 1 N–H and O–H groups in total. The summed E-state index contributed by atoms with van der Waals surface area (Å²) in [5, 5.41) is 12.8. The average molecular weight is 319 g/mol. The van der Waals surface area contributed by atoms with Crippen LogP contribution in [0.1, 0.15) is 17.2 Å². The maximum Gasteiger partial charge on any atom is 0.312 e. The Morgan fingerprint density at radius 2 is 2.10 bits per heavy atom. The van der Waals surface area contributed by atoms with Crippen molar-refractivity contribution >= 4 is 39.1 Å². The van der Waals surface area contributed by atoms with E-state index in [0.717, 1.165) is 15.8 Å². The monoisotopic (exact) mass is 318 g/mol. The molecule has 6 heteroatoms. The molecular weight excluding hydrogens is 308 g/mol. The van der Waals surface area contributed by atoms with E-state index in [9.17, 15) is 9.90 Å². The Labute approximate surface area is 130 Å². The molecule has 0 spiro atoms. The molecule has 0 saturated carbocycles. The van der Waals surface area contributed by atoms with Gasteiger partial charge in [0.2, 0.25) is 0 Å². The summed E-state index contributed by atoms with van der Waals surface area (Å²) in [5.74, 6) is -1.66. The zero-order valence-corrected chi connectivity index (χ0v) is 12.4. The fourth-order valence-electron chi connectivity index (χ4n) is 2.27. The number of aromatic nitrogens is 2. The van der Waals surface area contributed by atoms with Crippen LogP contribution in [0.4, 0.5) is 0 Å². The molecule has 3 aromatic rings. The van der Waals surface area contributed by atoms with Crippen LogP contribution in [0.3, 0.4) is 0 Å². The number of aliphatic carboxylic acids is 1. The Kier molecular flexibility index (Phi) is 3.86. The highest BCUT2D eigenvalue weighted by atomic mass is 35.5. The fraction of sp³-hybridized carbons (Fsp3) is 0.133. The summed E-state index contributed by atoms with van der Waals surface area (Å²) in [6, 6.07) is 9.13. The third-order valence-electron chi connectivity index (χ3n) is 3.30. The van der Waals surface area contributed by atoms with E-state index in [2.05, 4.69) is 9.97 Å². The first-order valence-electron chi connectivity index (χ1n) is 6.31. The van der Waals surface area contributed by atoms with E-state index in [1.54, 1.807) is 6.07 Å². The SMILES string of the molecule is O=C(O)C(Cc1ccccc1Cl)c1ncnc2sccc12. The zero-order chi connectivity index (χ0) is 14.8. The van der Waals surface area contributed by atoms with Gasteiger partial charge in [0.05, 0.1) is 5.69 Å². The highest BCUT2D eigenvalue weighted by Crippen LogP contribution is 2.30. The number of hydrogen-bond donors (Lipinski definition) is 1. The predicted octanol–water partition coefficient (Wildman–Crippen LogP) is 3.76. The minimum Gasteiger partial charge on any atom is -0.481 e. The Hall–Kier alpha value is -1.98. The molecule has 0 aliphatic carbocycles. The van der Waals surface area contributed by atoms with Crippen molar-refractivity contribution in [2.75, 3.05) is 0 Å². The smallest absolute Gasteiger partial charge is 0.312 e. The van der Waals surface area contributed by atoms with E-state index < -0.39 is 11.9 Å². The first-order chi connectivity index (χ1) is 10.2. The van der Waals surface area contributed by atoms with Crippen molar-refractivity contribution in [1.29, 1.82) is 0 Å². The minimum absolute atomic E-state index is 0.303. The summed E-state index contributed by atoms with van der Waals surface area (Å²) in [6.07, 6.45) is 1.72. The van der Waals surface area contributed by atoms with E-state index in [1.807, 2.05) is 29.6 Å². The van der Waals surface area contributed by atoms with Crippen molar-refractivity contribution in [3.05, 3.63) is 58.3 Å². The van der Waals surface area contributed by atoms with Gasteiger partial charge in [-0.05, 0) is 29.5 Å². The maximum atomic E-state index is 11.7. The molecule has 2 heterocycles. The quantitative estimate of drug-likeness (QED) is 0.795. The number of hydrogen-bond acceptors (Lipinski definition) is 4. The predicted molar refractivity (Wildman–Crippen MR) is 82.9 cm³/mol. The second-order valence-electron chi connectivity index (χ2n) is 4.58. The molecule has 0 saturated heterocycles. The number of halogens is 1. The molecule has 0 aliphatic rings. The minimum atomic E-state index is -0.916. The van der Waals surface area contributed by atoms with E-state index in [1.165, 1.54) is 17.7 Å². The van der Waals surface area contributed by atoms with Crippen molar-refractivity contribution in [3.8, 4) is 0 Å². The number of thiophene rings is 1. The summed E-state index contributed by atoms with van der Waals surface area (Å²) >= 11 is 7.60. The standard InChI is InChI=1S/C15H11ClN2O2S/c16-12-4-2-1-3-9(12)7-11(15(19)20)13-10-5-6-21-14(10)18-8-17-13/h1-6,8,11H,7H2,(H,19,20). The number of benzene rings is 1. The van der Waals surface area contributed by atoms with Crippen LogP contribution in [0.5, 0.6) is 0 Å². The van der Waals surface area contributed by atoms with Crippen LogP contribution >= 0.6 is 22.9 Å². The number of rotatable bonds is 4. The maximum absolute atomic E-state index is 11.7. The van der Waals surface area contributed by atoms with E-state index in [4.69, 9.17) is 11.6 Å².